The molecule has 1 aromatic rings. The van der Waals surface area contributed by atoms with Crippen LogP contribution in [0.5, 0.6) is 0 Å². The number of hydrogen-bond donors (Lipinski definition) is 2. The number of alkyl halides is 2. The molecule has 0 aliphatic rings. The van der Waals surface area contributed by atoms with E-state index < -0.39 is 46.4 Å². The predicted octanol–water partition coefficient (Wildman–Crippen LogP) is 1.14. The maximum Gasteiger partial charge on any atom is 0.308 e. The van der Waals surface area contributed by atoms with Crippen LogP contribution < -0.4 is 5.73 Å². The SMILES string of the molecule is Nc1ncc(CC(=O)O)c([N+](=O)[O-])c1C(F)F. The molecular formula is C8H7F2N3O4. The number of nitro groups is 1. The van der Waals surface area contributed by atoms with Crippen LogP contribution in [0.2, 0.25) is 0 Å². The molecule has 0 atom stereocenters. The largest absolute Gasteiger partial charge is 0.481 e. The van der Waals surface area contributed by atoms with Gasteiger partial charge in [0.1, 0.15) is 11.4 Å². The number of carbonyl (C=O) groups is 1. The summed E-state index contributed by atoms with van der Waals surface area (Å²) >= 11 is 0. The molecule has 0 aromatic carbocycles. The van der Waals surface area contributed by atoms with Crippen molar-refractivity contribution in [3.8, 4) is 0 Å². The Balaban J connectivity index is 3.47. The topological polar surface area (TPSA) is 119 Å². The van der Waals surface area contributed by atoms with E-state index in [1.54, 1.807) is 0 Å². The van der Waals surface area contributed by atoms with Gasteiger partial charge in [-0.15, -0.1) is 0 Å². The lowest BCUT2D eigenvalue weighted by atomic mass is 10.1. The van der Waals surface area contributed by atoms with Crippen molar-refractivity contribution in [1.29, 1.82) is 0 Å². The Labute approximate surface area is 93.0 Å². The first kappa shape index (κ1) is 12.7. The van der Waals surface area contributed by atoms with Gasteiger partial charge in [-0.25, -0.2) is 13.8 Å². The van der Waals surface area contributed by atoms with Crippen LogP contribution in [-0.4, -0.2) is 21.0 Å². The third-order valence-electron chi connectivity index (χ3n) is 1.94. The Morgan fingerprint density at radius 3 is 2.65 bits per heavy atom. The first-order chi connectivity index (χ1) is 7.84. The quantitative estimate of drug-likeness (QED) is 0.608. The summed E-state index contributed by atoms with van der Waals surface area (Å²) in [6.07, 6.45) is -3.16. The zero-order chi connectivity index (χ0) is 13.2. The molecule has 0 aliphatic heterocycles. The molecule has 9 heteroatoms. The molecule has 3 N–H and O–H groups in total. The van der Waals surface area contributed by atoms with Crippen LogP contribution in [0.3, 0.4) is 0 Å². The van der Waals surface area contributed by atoms with E-state index in [4.69, 9.17) is 10.8 Å². The van der Waals surface area contributed by atoms with E-state index in [9.17, 15) is 23.7 Å². The molecule has 1 rings (SSSR count). The van der Waals surface area contributed by atoms with Gasteiger partial charge >= 0.3 is 5.97 Å². The summed E-state index contributed by atoms with van der Waals surface area (Å²) in [5, 5.41) is 19.2. The number of pyridine rings is 1. The fourth-order valence-electron chi connectivity index (χ4n) is 1.30. The van der Waals surface area contributed by atoms with Crippen LogP contribution >= 0.6 is 0 Å². The Hall–Kier alpha value is -2.32. The Kier molecular flexibility index (Phi) is 3.51. The maximum atomic E-state index is 12.6. The normalized spacial score (nSPS) is 10.5. The summed E-state index contributed by atoms with van der Waals surface area (Å²) in [6, 6.07) is 0. The van der Waals surface area contributed by atoms with E-state index in [1.807, 2.05) is 0 Å². The van der Waals surface area contributed by atoms with Crippen molar-refractivity contribution in [3.05, 3.63) is 27.4 Å². The van der Waals surface area contributed by atoms with Gasteiger partial charge in [-0.05, 0) is 0 Å². The zero-order valence-electron chi connectivity index (χ0n) is 8.26. The molecule has 0 fully saturated rings. The molecule has 0 saturated carbocycles. The molecule has 0 unspecified atom stereocenters. The van der Waals surface area contributed by atoms with Crippen molar-refractivity contribution in [2.24, 2.45) is 0 Å². The fourth-order valence-corrected chi connectivity index (χ4v) is 1.30. The number of carboxylic acid groups (broad SMARTS) is 1. The number of halogens is 2. The highest BCUT2D eigenvalue weighted by molar-refractivity contribution is 5.73. The summed E-state index contributed by atoms with van der Waals surface area (Å²) in [4.78, 5) is 23.4. The van der Waals surface area contributed by atoms with E-state index in [2.05, 4.69) is 4.98 Å². The number of aromatic nitrogens is 1. The molecule has 0 aliphatic carbocycles. The minimum atomic E-state index is -3.20. The average molecular weight is 247 g/mol. The van der Waals surface area contributed by atoms with E-state index in [1.165, 1.54) is 0 Å². The Morgan fingerprint density at radius 1 is 1.65 bits per heavy atom. The van der Waals surface area contributed by atoms with Crippen LogP contribution in [0.4, 0.5) is 20.3 Å². The predicted molar refractivity (Wildman–Crippen MR) is 51.6 cm³/mol. The van der Waals surface area contributed by atoms with Crippen LogP contribution in [0.25, 0.3) is 0 Å². The van der Waals surface area contributed by atoms with E-state index >= 15 is 0 Å². The van der Waals surface area contributed by atoms with Gasteiger partial charge in [0, 0.05) is 6.20 Å². The molecule has 0 saturated heterocycles. The summed E-state index contributed by atoms with van der Waals surface area (Å²) in [7, 11) is 0. The third kappa shape index (κ3) is 2.62. The molecule has 1 heterocycles. The van der Waals surface area contributed by atoms with Crippen molar-refractivity contribution in [1.82, 2.24) is 4.98 Å². The summed E-state index contributed by atoms with van der Waals surface area (Å²) < 4.78 is 25.2. The van der Waals surface area contributed by atoms with Gasteiger partial charge in [-0.2, -0.15) is 0 Å². The number of anilines is 1. The number of carboxylic acids is 1. The van der Waals surface area contributed by atoms with Crippen LogP contribution in [-0.2, 0) is 11.2 Å². The lowest BCUT2D eigenvalue weighted by molar-refractivity contribution is -0.387. The van der Waals surface area contributed by atoms with Gasteiger partial charge < -0.3 is 10.8 Å². The Morgan fingerprint density at radius 2 is 2.24 bits per heavy atom. The lowest BCUT2D eigenvalue weighted by Crippen LogP contribution is -2.10. The fraction of sp³-hybridized carbons (Fsp3) is 0.250. The second-order valence-electron chi connectivity index (χ2n) is 3.06. The van der Waals surface area contributed by atoms with Gasteiger partial charge in [0.2, 0.25) is 0 Å². The maximum absolute atomic E-state index is 12.6. The number of hydrogen-bond acceptors (Lipinski definition) is 5. The van der Waals surface area contributed by atoms with Crippen molar-refractivity contribution in [3.63, 3.8) is 0 Å². The van der Waals surface area contributed by atoms with Gasteiger partial charge in [-0.1, -0.05) is 0 Å². The van der Waals surface area contributed by atoms with Crippen molar-refractivity contribution in [2.75, 3.05) is 5.73 Å². The van der Waals surface area contributed by atoms with E-state index in [-0.39, 0.29) is 0 Å². The molecule has 0 bridgehead atoms. The van der Waals surface area contributed by atoms with Gasteiger partial charge in [0.15, 0.2) is 0 Å². The summed E-state index contributed by atoms with van der Waals surface area (Å²) in [5.41, 5.74) is 2.67. The van der Waals surface area contributed by atoms with Gasteiger partial charge in [0.25, 0.3) is 12.1 Å². The average Bonchev–Trinajstić information content (AvgIpc) is 2.18. The monoisotopic (exact) mass is 247 g/mol. The van der Waals surface area contributed by atoms with Crippen molar-refractivity contribution in [2.45, 2.75) is 12.8 Å². The smallest absolute Gasteiger partial charge is 0.308 e. The number of nitrogen functional groups attached to an aromatic ring is 1. The third-order valence-corrected chi connectivity index (χ3v) is 1.94. The summed E-state index contributed by atoms with van der Waals surface area (Å²) in [6.45, 7) is 0. The second-order valence-corrected chi connectivity index (χ2v) is 3.06. The summed E-state index contributed by atoms with van der Waals surface area (Å²) in [5.74, 6) is -2.07. The first-order valence-electron chi connectivity index (χ1n) is 4.26. The number of aliphatic carboxylic acids is 1. The van der Waals surface area contributed by atoms with Crippen molar-refractivity contribution >= 4 is 17.5 Å². The first-order valence-corrected chi connectivity index (χ1v) is 4.26. The highest BCUT2D eigenvalue weighted by Crippen LogP contribution is 2.35. The zero-order valence-corrected chi connectivity index (χ0v) is 8.26. The highest BCUT2D eigenvalue weighted by Gasteiger charge is 2.30. The van der Waals surface area contributed by atoms with E-state index in [0.29, 0.717) is 0 Å². The number of nitrogens with zero attached hydrogens (tertiary/aromatic N) is 2. The minimum absolute atomic E-state index is 0.410. The van der Waals surface area contributed by atoms with Crippen LogP contribution in [0.1, 0.15) is 17.6 Å². The van der Waals surface area contributed by atoms with Crippen LogP contribution in [0, 0.1) is 10.1 Å². The van der Waals surface area contributed by atoms with E-state index in [0.717, 1.165) is 6.20 Å². The second kappa shape index (κ2) is 4.68. The minimum Gasteiger partial charge on any atom is -0.481 e. The molecular weight excluding hydrogens is 240 g/mol. The molecule has 0 radical (unpaired) electrons. The molecule has 7 nitrogen and oxygen atoms in total. The molecule has 17 heavy (non-hydrogen) atoms. The Bertz CT molecular complexity index is 478. The van der Waals surface area contributed by atoms with Crippen molar-refractivity contribution < 1.29 is 23.6 Å². The van der Waals surface area contributed by atoms with Crippen LogP contribution in [0.15, 0.2) is 6.20 Å². The molecule has 1 aromatic heterocycles. The highest BCUT2D eigenvalue weighted by atomic mass is 19.3. The molecule has 0 amide bonds. The molecule has 92 valence electrons. The molecule has 0 spiro atoms. The van der Waals surface area contributed by atoms with Gasteiger partial charge in [0.05, 0.1) is 16.9 Å². The number of rotatable bonds is 4. The lowest BCUT2D eigenvalue weighted by Gasteiger charge is -2.07. The number of nitrogens with two attached hydrogens (primary N) is 1. The standard InChI is InChI=1S/C8H7F2N3O4/c9-7(10)5-6(13(16)17)3(1-4(14)15)2-12-8(5)11/h2,7H,1H2,(H2,11,12)(H,14,15). The van der Waals surface area contributed by atoms with Gasteiger partial charge in [-0.3, -0.25) is 14.9 Å².